The van der Waals surface area contributed by atoms with Crippen molar-refractivity contribution >= 4 is 29.6 Å². The zero-order chi connectivity index (χ0) is 26.7. The van der Waals surface area contributed by atoms with Crippen LogP contribution < -0.4 is 27.4 Å². The molecule has 4 unspecified atom stereocenters. The first-order chi connectivity index (χ1) is 16.3. The number of primary amides is 1. The summed E-state index contributed by atoms with van der Waals surface area (Å²) in [6.07, 6.45) is -0.607. The molecule has 0 aliphatic rings. The fraction of sp³-hybridized carbons (Fsp3) is 0.500. The Hall–Kier alpha value is -3.71. The Balaban J connectivity index is 3.02. The number of phenolic OH excluding ortho intramolecular Hbond substituents is 1. The number of carbonyl (C=O) groups excluding carboxylic acids is 4. The topological polar surface area (TPSA) is 234 Å². The van der Waals surface area contributed by atoms with Crippen molar-refractivity contribution in [1.82, 2.24) is 16.0 Å². The number of amides is 4. The monoisotopic (exact) mass is 495 g/mol. The largest absolute Gasteiger partial charge is 0.508 e. The number of nitrogens with one attached hydrogen (secondary N) is 3. The van der Waals surface area contributed by atoms with Crippen LogP contribution in [0.4, 0.5) is 0 Å². The average Bonchev–Trinajstić information content (AvgIpc) is 2.77. The van der Waals surface area contributed by atoms with Crippen LogP contribution in [0, 0.1) is 5.92 Å². The highest BCUT2D eigenvalue weighted by molar-refractivity contribution is 5.96. The molecule has 1 aromatic rings. The number of aliphatic carboxylic acids is 1. The van der Waals surface area contributed by atoms with Crippen molar-refractivity contribution in [1.29, 1.82) is 0 Å². The summed E-state index contributed by atoms with van der Waals surface area (Å²) in [5, 5.41) is 34.9. The molecule has 0 aliphatic heterocycles. The van der Waals surface area contributed by atoms with Crippen LogP contribution in [0.5, 0.6) is 5.75 Å². The van der Waals surface area contributed by atoms with E-state index in [4.69, 9.17) is 16.6 Å². The van der Waals surface area contributed by atoms with Crippen LogP contribution >= 0.6 is 0 Å². The third-order valence-corrected chi connectivity index (χ3v) is 4.90. The maximum atomic E-state index is 12.9. The highest BCUT2D eigenvalue weighted by atomic mass is 16.4. The van der Waals surface area contributed by atoms with Crippen LogP contribution in [-0.4, -0.2) is 75.7 Å². The van der Waals surface area contributed by atoms with Crippen LogP contribution in [0.15, 0.2) is 24.3 Å². The van der Waals surface area contributed by atoms with Gasteiger partial charge in [0.25, 0.3) is 0 Å². The second-order valence-electron chi connectivity index (χ2n) is 8.48. The van der Waals surface area contributed by atoms with Gasteiger partial charge in [-0.2, -0.15) is 0 Å². The number of hydrogen-bond acceptors (Lipinski definition) is 8. The van der Waals surface area contributed by atoms with E-state index in [9.17, 15) is 34.2 Å². The molecule has 1 rings (SSSR count). The number of benzene rings is 1. The summed E-state index contributed by atoms with van der Waals surface area (Å²) in [5.74, 6) is -4.95. The molecule has 0 heterocycles. The Bertz CT molecular complexity index is 906. The highest BCUT2D eigenvalue weighted by Crippen LogP contribution is 2.12. The Morgan fingerprint density at radius 1 is 0.886 bits per heavy atom. The van der Waals surface area contributed by atoms with E-state index in [0.717, 1.165) is 0 Å². The highest BCUT2D eigenvalue weighted by Gasteiger charge is 2.31. The van der Waals surface area contributed by atoms with E-state index in [1.54, 1.807) is 13.8 Å². The van der Waals surface area contributed by atoms with E-state index in [1.165, 1.54) is 24.3 Å². The number of carbonyl (C=O) groups is 5. The Kier molecular flexibility index (Phi) is 11.6. The number of nitrogens with two attached hydrogens (primary N) is 2. The Morgan fingerprint density at radius 2 is 1.40 bits per heavy atom. The molecule has 10 N–H and O–H groups in total. The number of aliphatic hydroxyl groups is 1. The number of carboxylic acid groups (broad SMARTS) is 1. The Labute approximate surface area is 202 Å². The number of aliphatic hydroxyl groups excluding tert-OH is 1. The number of rotatable bonds is 14. The normalized spacial score (nSPS) is 14.3. The summed E-state index contributed by atoms with van der Waals surface area (Å²) in [4.78, 5) is 61.0. The van der Waals surface area contributed by atoms with Gasteiger partial charge in [0.2, 0.25) is 23.6 Å². The first kappa shape index (κ1) is 29.3. The van der Waals surface area contributed by atoms with E-state index in [2.05, 4.69) is 16.0 Å². The van der Waals surface area contributed by atoms with Gasteiger partial charge in [-0.3, -0.25) is 19.2 Å². The van der Waals surface area contributed by atoms with Gasteiger partial charge in [0, 0.05) is 6.42 Å². The molecule has 0 spiro atoms. The van der Waals surface area contributed by atoms with Gasteiger partial charge in [-0.15, -0.1) is 0 Å². The van der Waals surface area contributed by atoms with Crippen molar-refractivity contribution in [2.45, 2.75) is 57.3 Å². The molecule has 4 amide bonds. The maximum absolute atomic E-state index is 12.9. The van der Waals surface area contributed by atoms with Gasteiger partial charge in [-0.05, 0) is 30.0 Å². The van der Waals surface area contributed by atoms with Gasteiger partial charge in [-0.1, -0.05) is 26.0 Å². The molecule has 0 radical (unpaired) electrons. The Morgan fingerprint density at radius 3 is 1.89 bits per heavy atom. The van der Waals surface area contributed by atoms with Gasteiger partial charge in [0.1, 0.15) is 29.9 Å². The lowest BCUT2D eigenvalue weighted by atomic mass is 10.0. The lowest BCUT2D eigenvalue weighted by molar-refractivity contribution is -0.142. The van der Waals surface area contributed by atoms with Crippen molar-refractivity contribution in [2.24, 2.45) is 17.4 Å². The molecule has 0 bridgehead atoms. The van der Waals surface area contributed by atoms with E-state index < -0.39 is 66.8 Å². The van der Waals surface area contributed by atoms with Crippen LogP contribution in [0.3, 0.4) is 0 Å². The van der Waals surface area contributed by atoms with Crippen LogP contribution in [0.1, 0.15) is 32.3 Å². The van der Waals surface area contributed by atoms with Gasteiger partial charge in [-0.25, -0.2) is 4.79 Å². The fourth-order valence-corrected chi connectivity index (χ4v) is 3.09. The molecule has 35 heavy (non-hydrogen) atoms. The lowest BCUT2D eigenvalue weighted by Gasteiger charge is -2.25. The number of carboxylic acids is 1. The van der Waals surface area contributed by atoms with Crippen molar-refractivity contribution in [2.75, 3.05) is 6.61 Å². The number of phenols is 1. The quantitative estimate of drug-likeness (QED) is 0.138. The summed E-state index contributed by atoms with van der Waals surface area (Å²) in [7, 11) is 0. The molecule has 4 atom stereocenters. The lowest BCUT2D eigenvalue weighted by Crippen LogP contribution is -2.58. The van der Waals surface area contributed by atoms with Crippen molar-refractivity contribution < 1.29 is 39.3 Å². The standard InChI is InChI=1S/C22H33N5O8/c1-11(2)7-15(25-19(31)14(23)10-28)20(32)26-16(9-18(24)30)21(33)27-17(22(34)35)8-12-3-5-13(29)6-4-12/h3-6,11,14-17,28-29H,7-10,23H2,1-2H3,(H2,24,30)(H,25,31)(H,26,32)(H,27,33)(H,34,35). The number of hydrogen-bond donors (Lipinski definition) is 8. The predicted octanol–water partition coefficient (Wildman–Crippen LogP) is -2.29. The van der Waals surface area contributed by atoms with Crippen molar-refractivity contribution in [3.05, 3.63) is 29.8 Å². The third kappa shape index (κ3) is 10.4. The van der Waals surface area contributed by atoms with Crippen molar-refractivity contribution in [3.8, 4) is 5.75 Å². The second-order valence-corrected chi connectivity index (χ2v) is 8.48. The first-order valence-corrected chi connectivity index (χ1v) is 10.9. The smallest absolute Gasteiger partial charge is 0.326 e. The fourth-order valence-electron chi connectivity index (χ4n) is 3.09. The molecule has 13 heteroatoms. The molecule has 0 saturated heterocycles. The summed E-state index contributed by atoms with van der Waals surface area (Å²) < 4.78 is 0. The molecule has 0 aromatic heterocycles. The maximum Gasteiger partial charge on any atom is 0.326 e. The van der Waals surface area contributed by atoms with Crippen molar-refractivity contribution in [3.63, 3.8) is 0 Å². The van der Waals surface area contributed by atoms with E-state index in [0.29, 0.717) is 5.56 Å². The van der Waals surface area contributed by atoms with Gasteiger partial charge in [0.05, 0.1) is 13.0 Å². The molecule has 0 fully saturated rings. The van der Waals surface area contributed by atoms with Crippen LogP contribution in [0.2, 0.25) is 0 Å². The molecular weight excluding hydrogens is 462 g/mol. The molecule has 0 aliphatic carbocycles. The van der Waals surface area contributed by atoms with Crippen LogP contribution in [-0.2, 0) is 30.4 Å². The zero-order valence-corrected chi connectivity index (χ0v) is 19.6. The SMILES string of the molecule is CC(C)CC(NC(=O)C(N)CO)C(=O)NC(CC(N)=O)C(=O)NC(Cc1ccc(O)cc1)C(=O)O. The summed E-state index contributed by atoms with van der Waals surface area (Å²) in [6, 6.07) is 0.352. The second kappa shape index (κ2) is 13.9. The average molecular weight is 496 g/mol. The molecule has 194 valence electrons. The minimum absolute atomic E-state index is 0.0168. The summed E-state index contributed by atoms with van der Waals surface area (Å²) in [6.45, 7) is 2.92. The first-order valence-electron chi connectivity index (χ1n) is 10.9. The van der Waals surface area contributed by atoms with E-state index >= 15 is 0 Å². The van der Waals surface area contributed by atoms with E-state index in [-0.39, 0.29) is 24.5 Å². The summed E-state index contributed by atoms with van der Waals surface area (Å²) >= 11 is 0. The third-order valence-electron chi connectivity index (χ3n) is 4.90. The van der Waals surface area contributed by atoms with Crippen LogP contribution in [0.25, 0.3) is 0 Å². The minimum atomic E-state index is -1.51. The van der Waals surface area contributed by atoms with Gasteiger partial charge >= 0.3 is 5.97 Å². The minimum Gasteiger partial charge on any atom is -0.508 e. The van der Waals surface area contributed by atoms with E-state index in [1.807, 2.05) is 0 Å². The molecular formula is C22H33N5O8. The summed E-state index contributed by atoms with van der Waals surface area (Å²) in [5.41, 5.74) is 11.2. The van der Waals surface area contributed by atoms with Gasteiger partial charge < -0.3 is 42.7 Å². The predicted molar refractivity (Wildman–Crippen MR) is 124 cm³/mol. The molecule has 0 saturated carbocycles. The number of aromatic hydroxyl groups is 1. The molecule has 1 aromatic carbocycles. The molecule has 13 nitrogen and oxygen atoms in total. The zero-order valence-electron chi connectivity index (χ0n) is 19.6. The van der Waals surface area contributed by atoms with Gasteiger partial charge in [0.15, 0.2) is 0 Å².